The van der Waals surface area contributed by atoms with Gasteiger partial charge in [0.25, 0.3) is 0 Å². The Bertz CT molecular complexity index is 281. The Morgan fingerprint density at radius 2 is 2.00 bits per heavy atom. The zero-order valence-corrected chi connectivity index (χ0v) is 9.44. The van der Waals surface area contributed by atoms with Crippen molar-refractivity contribution in [2.24, 2.45) is 0 Å². The molecular weight excluding hydrogens is 180 g/mol. The topological polar surface area (TPSA) is 9.23 Å². The molecule has 1 aromatic carbocycles. The van der Waals surface area contributed by atoms with Gasteiger partial charge in [-0.15, -0.1) is 11.8 Å². The Balaban J connectivity index is 3.08. The highest BCUT2D eigenvalue weighted by atomic mass is 32.2. The van der Waals surface area contributed by atoms with Gasteiger partial charge in [0.05, 0.1) is 7.11 Å². The zero-order chi connectivity index (χ0) is 9.84. The van der Waals surface area contributed by atoms with Gasteiger partial charge in [-0.3, -0.25) is 0 Å². The molecule has 0 heterocycles. The minimum absolute atomic E-state index is 0.519. The molecule has 1 rings (SSSR count). The number of methoxy groups -OCH3 is 1. The molecular formula is C11H16OS. The van der Waals surface area contributed by atoms with Gasteiger partial charge in [-0.05, 0) is 29.9 Å². The van der Waals surface area contributed by atoms with Crippen molar-refractivity contribution >= 4 is 11.8 Å². The lowest BCUT2D eigenvalue weighted by Gasteiger charge is -2.12. The fourth-order valence-electron chi connectivity index (χ4n) is 1.30. The van der Waals surface area contributed by atoms with Crippen LogP contribution in [-0.2, 0) is 0 Å². The third-order valence-corrected chi connectivity index (χ3v) is 2.79. The van der Waals surface area contributed by atoms with Crippen LogP contribution in [0.15, 0.2) is 23.1 Å². The number of ether oxygens (including phenoxy) is 1. The monoisotopic (exact) mass is 196 g/mol. The summed E-state index contributed by atoms with van der Waals surface area (Å²) < 4.78 is 5.34. The van der Waals surface area contributed by atoms with Crippen molar-refractivity contribution < 1.29 is 4.74 Å². The van der Waals surface area contributed by atoms with Gasteiger partial charge in [0.15, 0.2) is 0 Å². The lowest BCUT2D eigenvalue weighted by Crippen LogP contribution is -1.93. The maximum atomic E-state index is 5.34. The molecule has 0 saturated heterocycles. The predicted octanol–water partition coefficient (Wildman–Crippen LogP) is 3.54. The molecule has 0 atom stereocenters. The van der Waals surface area contributed by atoms with E-state index in [1.54, 1.807) is 18.9 Å². The van der Waals surface area contributed by atoms with Crippen LogP contribution in [0.3, 0.4) is 0 Å². The lowest BCUT2D eigenvalue weighted by molar-refractivity contribution is 0.406. The van der Waals surface area contributed by atoms with E-state index in [-0.39, 0.29) is 0 Å². The van der Waals surface area contributed by atoms with Crippen molar-refractivity contribution in [3.8, 4) is 5.75 Å². The highest BCUT2D eigenvalue weighted by Gasteiger charge is 2.07. The molecule has 2 heteroatoms. The smallest absolute Gasteiger partial charge is 0.123 e. The van der Waals surface area contributed by atoms with Gasteiger partial charge in [-0.2, -0.15) is 0 Å². The quantitative estimate of drug-likeness (QED) is 0.684. The number of thioether (sulfide) groups is 1. The van der Waals surface area contributed by atoms with Crippen LogP contribution >= 0.6 is 11.8 Å². The number of hydrogen-bond donors (Lipinski definition) is 0. The zero-order valence-electron chi connectivity index (χ0n) is 8.63. The van der Waals surface area contributed by atoms with E-state index in [0.29, 0.717) is 5.92 Å². The SMILES string of the molecule is COc1cc(SC)ccc1C(C)C. The Labute approximate surface area is 84.5 Å². The Morgan fingerprint density at radius 1 is 1.31 bits per heavy atom. The molecule has 0 aliphatic rings. The van der Waals surface area contributed by atoms with Gasteiger partial charge in [0.1, 0.15) is 5.75 Å². The summed E-state index contributed by atoms with van der Waals surface area (Å²) in [5.41, 5.74) is 1.28. The van der Waals surface area contributed by atoms with E-state index in [2.05, 4.69) is 38.3 Å². The first-order valence-electron chi connectivity index (χ1n) is 4.41. The molecule has 0 amide bonds. The van der Waals surface area contributed by atoms with Crippen molar-refractivity contribution in [1.29, 1.82) is 0 Å². The summed E-state index contributed by atoms with van der Waals surface area (Å²) in [6.45, 7) is 4.35. The van der Waals surface area contributed by atoms with E-state index < -0.39 is 0 Å². The second kappa shape index (κ2) is 4.56. The normalized spacial score (nSPS) is 10.5. The summed E-state index contributed by atoms with van der Waals surface area (Å²) in [6, 6.07) is 6.39. The summed E-state index contributed by atoms with van der Waals surface area (Å²) >= 11 is 1.74. The summed E-state index contributed by atoms with van der Waals surface area (Å²) in [5, 5.41) is 0. The molecule has 0 saturated carbocycles. The number of rotatable bonds is 3. The molecule has 1 aromatic rings. The van der Waals surface area contributed by atoms with Gasteiger partial charge in [-0.1, -0.05) is 19.9 Å². The van der Waals surface area contributed by atoms with Gasteiger partial charge < -0.3 is 4.74 Å². The lowest BCUT2D eigenvalue weighted by atomic mass is 10.0. The van der Waals surface area contributed by atoms with Crippen LogP contribution in [0.2, 0.25) is 0 Å². The van der Waals surface area contributed by atoms with Crippen LogP contribution in [0.25, 0.3) is 0 Å². The van der Waals surface area contributed by atoms with Crippen LogP contribution in [0.4, 0.5) is 0 Å². The van der Waals surface area contributed by atoms with E-state index in [9.17, 15) is 0 Å². The minimum Gasteiger partial charge on any atom is -0.496 e. The average Bonchev–Trinajstić information content (AvgIpc) is 2.16. The second-order valence-electron chi connectivity index (χ2n) is 3.26. The molecule has 0 N–H and O–H groups in total. The predicted molar refractivity (Wildman–Crippen MR) is 58.9 cm³/mol. The molecule has 0 spiro atoms. The van der Waals surface area contributed by atoms with Crippen LogP contribution in [0.1, 0.15) is 25.3 Å². The van der Waals surface area contributed by atoms with Crippen molar-refractivity contribution in [2.75, 3.05) is 13.4 Å². The Kier molecular flexibility index (Phi) is 3.67. The molecule has 0 fully saturated rings. The Hall–Kier alpha value is -0.630. The molecule has 0 radical (unpaired) electrons. The van der Waals surface area contributed by atoms with Crippen LogP contribution in [0, 0.1) is 0 Å². The fraction of sp³-hybridized carbons (Fsp3) is 0.455. The van der Waals surface area contributed by atoms with E-state index in [1.807, 2.05) is 0 Å². The highest BCUT2D eigenvalue weighted by molar-refractivity contribution is 7.98. The Morgan fingerprint density at radius 3 is 2.46 bits per heavy atom. The average molecular weight is 196 g/mol. The van der Waals surface area contributed by atoms with Crippen molar-refractivity contribution in [3.05, 3.63) is 23.8 Å². The summed E-state index contributed by atoms with van der Waals surface area (Å²) in [5.74, 6) is 1.52. The summed E-state index contributed by atoms with van der Waals surface area (Å²) in [7, 11) is 1.73. The molecule has 0 aliphatic heterocycles. The molecule has 13 heavy (non-hydrogen) atoms. The van der Waals surface area contributed by atoms with E-state index in [4.69, 9.17) is 4.74 Å². The summed E-state index contributed by atoms with van der Waals surface area (Å²) in [4.78, 5) is 1.25. The maximum Gasteiger partial charge on any atom is 0.123 e. The number of hydrogen-bond acceptors (Lipinski definition) is 2. The van der Waals surface area contributed by atoms with Crippen molar-refractivity contribution in [2.45, 2.75) is 24.7 Å². The maximum absolute atomic E-state index is 5.34. The third kappa shape index (κ3) is 2.41. The van der Waals surface area contributed by atoms with Crippen LogP contribution in [0.5, 0.6) is 5.75 Å². The first-order chi connectivity index (χ1) is 6.19. The van der Waals surface area contributed by atoms with Crippen molar-refractivity contribution in [1.82, 2.24) is 0 Å². The standard InChI is InChI=1S/C11H16OS/c1-8(2)10-6-5-9(13-4)7-11(10)12-3/h5-8H,1-4H3. The van der Waals surface area contributed by atoms with Crippen LogP contribution < -0.4 is 4.74 Å². The molecule has 0 unspecified atom stereocenters. The van der Waals surface area contributed by atoms with Gasteiger partial charge in [0.2, 0.25) is 0 Å². The largest absolute Gasteiger partial charge is 0.496 e. The first-order valence-corrected chi connectivity index (χ1v) is 5.63. The minimum atomic E-state index is 0.519. The van der Waals surface area contributed by atoms with E-state index in [1.165, 1.54) is 10.5 Å². The highest BCUT2D eigenvalue weighted by Crippen LogP contribution is 2.30. The van der Waals surface area contributed by atoms with E-state index in [0.717, 1.165) is 5.75 Å². The second-order valence-corrected chi connectivity index (χ2v) is 4.14. The summed E-state index contributed by atoms with van der Waals surface area (Å²) in [6.07, 6.45) is 2.07. The number of benzene rings is 1. The first kappa shape index (κ1) is 10.5. The molecule has 72 valence electrons. The molecule has 1 nitrogen and oxygen atoms in total. The third-order valence-electron chi connectivity index (χ3n) is 2.06. The van der Waals surface area contributed by atoms with Crippen LogP contribution in [-0.4, -0.2) is 13.4 Å². The molecule has 0 aliphatic carbocycles. The van der Waals surface area contributed by atoms with Gasteiger partial charge in [0, 0.05) is 4.90 Å². The van der Waals surface area contributed by atoms with Crippen molar-refractivity contribution in [3.63, 3.8) is 0 Å². The molecule has 0 bridgehead atoms. The molecule has 0 aromatic heterocycles. The van der Waals surface area contributed by atoms with Gasteiger partial charge in [-0.25, -0.2) is 0 Å². The van der Waals surface area contributed by atoms with Gasteiger partial charge >= 0.3 is 0 Å². The fourth-order valence-corrected chi connectivity index (χ4v) is 1.72. The van der Waals surface area contributed by atoms with E-state index >= 15 is 0 Å².